The summed E-state index contributed by atoms with van der Waals surface area (Å²) in [7, 11) is 0. The monoisotopic (exact) mass is 231 g/mol. The van der Waals surface area contributed by atoms with Crippen LogP contribution in [-0.4, -0.2) is 0 Å². The van der Waals surface area contributed by atoms with E-state index >= 15 is 0 Å². The molecule has 1 aliphatic rings. The Hall–Kier alpha value is -0.820. The van der Waals surface area contributed by atoms with Crippen LogP contribution in [0.25, 0.3) is 0 Å². The fourth-order valence-corrected chi connectivity index (χ4v) is 2.88. The Balaban J connectivity index is 2.22. The first-order chi connectivity index (χ1) is 7.99. The molecule has 0 spiro atoms. The van der Waals surface area contributed by atoms with E-state index in [1.165, 1.54) is 23.1 Å². The molecule has 2 rings (SSSR count). The Bertz CT molecular complexity index is 406. The van der Waals surface area contributed by atoms with Gasteiger partial charge in [0.15, 0.2) is 0 Å². The molecule has 0 saturated heterocycles. The van der Waals surface area contributed by atoms with Crippen LogP contribution in [0.4, 0.5) is 0 Å². The third kappa shape index (κ3) is 2.40. The lowest BCUT2D eigenvalue weighted by atomic mass is 9.93. The highest BCUT2D eigenvalue weighted by Crippen LogP contribution is 2.56. The van der Waals surface area contributed by atoms with Crippen LogP contribution in [0.5, 0.6) is 0 Å². The van der Waals surface area contributed by atoms with Gasteiger partial charge in [-0.05, 0) is 47.3 Å². The van der Waals surface area contributed by atoms with Crippen molar-refractivity contribution in [1.82, 2.24) is 0 Å². The zero-order chi connectivity index (χ0) is 12.6. The first-order valence-corrected chi connectivity index (χ1v) is 6.87. The number of rotatable bonds is 4. The predicted octanol–water partition coefficient (Wildman–Crippen LogP) is 3.86. The van der Waals surface area contributed by atoms with Crippen molar-refractivity contribution in [2.45, 2.75) is 53.0 Å². The van der Waals surface area contributed by atoms with Gasteiger partial charge in [0.2, 0.25) is 0 Å². The van der Waals surface area contributed by atoms with Crippen molar-refractivity contribution in [2.24, 2.45) is 17.1 Å². The molecule has 1 saturated carbocycles. The molecular formula is C16H25N. The summed E-state index contributed by atoms with van der Waals surface area (Å²) in [6.45, 7) is 9.08. The molecule has 0 heterocycles. The minimum Gasteiger partial charge on any atom is -0.324 e. The van der Waals surface area contributed by atoms with Gasteiger partial charge in [-0.15, -0.1) is 0 Å². The van der Waals surface area contributed by atoms with Crippen LogP contribution in [0, 0.1) is 11.3 Å². The minimum absolute atomic E-state index is 0.223. The predicted molar refractivity (Wildman–Crippen MR) is 74.0 cm³/mol. The fourth-order valence-electron chi connectivity index (χ4n) is 2.88. The summed E-state index contributed by atoms with van der Waals surface area (Å²) < 4.78 is 0. The quantitative estimate of drug-likeness (QED) is 0.836. The molecule has 0 bridgehead atoms. The van der Waals surface area contributed by atoms with Crippen molar-refractivity contribution in [3.05, 3.63) is 34.9 Å². The van der Waals surface area contributed by atoms with E-state index in [2.05, 4.69) is 45.9 Å². The lowest BCUT2D eigenvalue weighted by Gasteiger charge is -2.16. The molecule has 1 aromatic rings. The summed E-state index contributed by atoms with van der Waals surface area (Å²) in [5, 5.41) is 0. The number of aryl methyl sites for hydroxylation is 2. The molecular weight excluding hydrogens is 206 g/mol. The molecule has 1 nitrogen and oxygen atoms in total. The Morgan fingerprint density at radius 2 is 1.82 bits per heavy atom. The van der Waals surface area contributed by atoms with E-state index in [1.807, 2.05) is 0 Å². The standard InChI is InChI=1S/C16H25N/c1-5-11-7-8-13(9-12(11)6-2)15(17)14-10-16(14,3)4/h7-9,14-15H,5-6,10,17H2,1-4H3. The van der Waals surface area contributed by atoms with Gasteiger partial charge in [0, 0.05) is 6.04 Å². The number of hydrogen-bond acceptors (Lipinski definition) is 1. The largest absolute Gasteiger partial charge is 0.324 e. The summed E-state index contributed by atoms with van der Waals surface area (Å²) in [6.07, 6.45) is 3.50. The number of benzene rings is 1. The highest BCUT2D eigenvalue weighted by molar-refractivity contribution is 5.34. The Kier molecular flexibility index (Phi) is 3.31. The molecule has 2 atom stereocenters. The van der Waals surface area contributed by atoms with E-state index in [0.717, 1.165) is 12.8 Å². The summed E-state index contributed by atoms with van der Waals surface area (Å²) in [6, 6.07) is 7.06. The van der Waals surface area contributed by atoms with Crippen molar-refractivity contribution in [3.63, 3.8) is 0 Å². The summed E-state index contributed by atoms with van der Waals surface area (Å²) >= 11 is 0. The van der Waals surface area contributed by atoms with Crippen LogP contribution in [-0.2, 0) is 12.8 Å². The van der Waals surface area contributed by atoms with E-state index in [-0.39, 0.29) is 6.04 Å². The van der Waals surface area contributed by atoms with Gasteiger partial charge in [-0.2, -0.15) is 0 Å². The molecule has 0 aliphatic heterocycles. The molecule has 94 valence electrons. The van der Waals surface area contributed by atoms with Crippen LogP contribution in [0.15, 0.2) is 18.2 Å². The number of nitrogens with two attached hydrogens (primary N) is 1. The van der Waals surface area contributed by atoms with Gasteiger partial charge in [-0.25, -0.2) is 0 Å². The first kappa shape index (κ1) is 12.6. The molecule has 0 radical (unpaired) electrons. The van der Waals surface area contributed by atoms with Gasteiger partial charge in [0.05, 0.1) is 0 Å². The zero-order valence-electron chi connectivity index (χ0n) is 11.6. The van der Waals surface area contributed by atoms with E-state index in [1.54, 1.807) is 0 Å². The van der Waals surface area contributed by atoms with Crippen LogP contribution < -0.4 is 5.73 Å². The SMILES string of the molecule is CCc1ccc(C(N)C2CC2(C)C)cc1CC. The van der Waals surface area contributed by atoms with Crippen molar-refractivity contribution in [3.8, 4) is 0 Å². The summed E-state index contributed by atoms with van der Waals surface area (Å²) in [4.78, 5) is 0. The van der Waals surface area contributed by atoms with Crippen LogP contribution in [0.1, 0.15) is 56.8 Å². The summed E-state index contributed by atoms with van der Waals surface area (Å²) in [5.74, 6) is 0.666. The fraction of sp³-hybridized carbons (Fsp3) is 0.625. The van der Waals surface area contributed by atoms with E-state index in [4.69, 9.17) is 5.73 Å². The van der Waals surface area contributed by atoms with Crippen molar-refractivity contribution >= 4 is 0 Å². The Morgan fingerprint density at radius 1 is 1.24 bits per heavy atom. The van der Waals surface area contributed by atoms with Gasteiger partial charge in [0.25, 0.3) is 0 Å². The van der Waals surface area contributed by atoms with Gasteiger partial charge >= 0.3 is 0 Å². The second-order valence-electron chi connectivity index (χ2n) is 6.06. The van der Waals surface area contributed by atoms with Gasteiger partial charge in [-0.3, -0.25) is 0 Å². The normalized spacial score (nSPS) is 23.5. The van der Waals surface area contributed by atoms with E-state index < -0.39 is 0 Å². The van der Waals surface area contributed by atoms with E-state index in [0.29, 0.717) is 11.3 Å². The van der Waals surface area contributed by atoms with Gasteiger partial charge in [-0.1, -0.05) is 45.9 Å². The maximum absolute atomic E-state index is 6.39. The van der Waals surface area contributed by atoms with Gasteiger partial charge in [0.1, 0.15) is 0 Å². The maximum atomic E-state index is 6.39. The topological polar surface area (TPSA) is 26.0 Å². The molecule has 0 amide bonds. The third-order valence-electron chi connectivity index (χ3n) is 4.40. The first-order valence-electron chi connectivity index (χ1n) is 6.87. The Labute approximate surface area is 105 Å². The molecule has 0 aromatic heterocycles. The maximum Gasteiger partial charge on any atom is 0.0328 e. The molecule has 17 heavy (non-hydrogen) atoms. The van der Waals surface area contributed by atoms with Crippen molar-refractivity contribution in [1.29, 1.82) is 0 Å². The summed E-state index contributed by atoms with van der Waals surface area (Å²) in [5.41, 5.74) is 11.1. The highest BCUT2D eigenvalue weighted by Gasteiger charge is 2.49. The van der Waals surface area contributed by atoms with E-state index in [9.17, 15) is 0 Å². The lowest BCUT2D eigenvalue weighted by Crippen LogP contribution is -2.16. The third-order valence-corrected chi connectivity index (χ3v) is 4.40. The second kappa shape index (κ2) is 4.45. The molecule has 1 fully saturated rings. The number of hydrogen-bond donors (Lipinski definition) is 1. The van der Waals surface area contributed by atoms with Crippen molar-refractivity contribution in [2.75, 3.05) is 0 Å². The smallest absolute Gasteiger partial charge is 0.0328 e. The average molecular weight is 231 g/mol. The van der Waals surface area contributed by atoms with Crippen LogP contribution in [0.2, 0.25) is 0 Å². The average Bonchev–Trinajstić information content (AvgIpc) is 2.96. The van der Waals surface area contributed by atoms with Gasteiger partial charge < -0.3 is 5.73 Å². The Morgan fingerprint density at radius 3 is 2.29 bits per heavy atom. The molecule has 2 N–H and O–H groups in total. The zero-order valence-corrected chi connectivity index (χ0v) is 11.6. The highest BCUT2D eigenvalue weighted by atomic mass is 14.7. The molecule has 1 aromatic carbocycles. The lowest BCUT2D eigenvalue weighted by molar-refractivity contribution is 0.491. The van der Waals surface area contributed by atoms with Crippen molar-refractivity contribution < 1.29 is 0 Å². The minimum atomic E-state index is 0.223. The molecule has 2 unspecified atom stereocenters. The second-order valence-corrected chi connectivity index (χ2v) is 6.06. The molecule has 1 aliphatic carbocycles. The van der Waals surface area contributed by atoms with Crippen LogP contribution >= 0.6 is 0 Å². The van der Waals surface area contributed by atoms with Crippen LogP contribution in [0.3, 0.4) is 0 Å². The molecule has 1 heteroatoms.